The number of hydrogen-bond donors (Lipinski definition) is 2. The minimum atomic E-state index is -0.339. The number of amides is 1. The van der Waals surface area contributed by atoms with Gasteiger partial charge in [0, 0.05) is 5.54 Å². The normalized spacial score (nSPS) is 31.7. The molecule has 0 aromatic rings. The highest BCUT2D eigenvalue weighted by Gasteiger charge is 2.51. The Hall–Kier alpha value is -0.585. The van der Waals surface area contributed by atoms with E-state index >= 15 is 0 Å². The first-order chi connectivity index (χ1) is 13.2. The predicted molar refractivity (Wildman–Crippen MR) is 121 cm³/mol. The second kappa shape index (κ2) is 8.88. The highest BCUT2D eigenvalue weighted by atomic mass is 16.7. The molecule has 3 atom stereocenters. The molecule has 1 amide bonds. The van der Waals surface area contributed by atoms with Gasteiger partial charge in [-0.1, -0.05) is 26.7 Å². The molecule has 0 bridgehead atoms. The van der Waals surface area contributed by atoms with Crippen LogP contribution in [-0.4, -0.2) is 42.9 Å². The van der Waals surface area contributed by atoms with Gasteiger partial charge in [-0.2, -0.15) is 0 Å². The molecule has 0 aromatic carbocycles. The first-order valence-electron chi connectivity index (χ1n) is 11.6. The second-order valence-corrected chi connectivity index (χ2v) is 11.5. The highest BCUT2D eigenvalue weighted by molar-refractivity contribution is 6.45. The summed E-state index contributed by atoms with van der Waals surface area (Å²) in [6.45, 7) is 20.8. The van der Waals surface area contributed by atoms with Gasteiger partial charge in [-0.3, -0.25) is 4.79 Å². The Morgan fingerprint density at radius 2 is 1.66 bits per heavy atom. The zero-order chi connectivity index (χ0) is 22.1. The molecular formula is C23H45BN2O3. The molecule has 1 saturated heterocycles. The molecule has 0 radical (unpaired) electrons. The Morgan fingerprint density at radius 1 is 1.07 bits per heavy atom. The number of hydrogen-bond acceptors (Lipinski definition) is 4. The number of nitrogens with one attached hydrogen (secondary N) is 2. The van der Waals surface area contributed by atoms with Crippen molar-refractivity contribution in [3.63, 3.8) is 0 Å². The molecule has 1 aliphatic carbocycles. The minimum Gasteiger partial charge on any atom is -0.403 e. The SMILES string of the molecule is CCNC[C@@H]1CC[C@@H](CCB2OC(C)(C)C(C)(C)O2)C[C@]1(C)C(=O)NC(C)(C)C. The van der Waals surface area contributed by atoms with E-state index in [0.29, 0.717) is 11.8 Å². The maximum atomic E-state index is 13.3. The second-order valence-electron chi connectivity index (χ2n) is 11.5. The molecule has 6 heteroatoms. The Morgan fingerprint density at radius 3 is 2.17 bits per heavy atom. The third kappa shape index (κ3) is 5.98. The Kier molecular flexibility index (Phi) is 7.56. The molecule has 1 aliphatic heterocycles. The average molecular weight is 408 g/mol. The third-order valence-corrected chi connectivity index (χ3v) is 7.30. The number of carbonyl (C=O) groups is 1. The van der Waals surface area contributed by atoms with E-state index in [2.05, 4.69) is 72.9 Å². The zero-order valence-corrected chi connectivity index (χ0v) is 20.4. The van der Waals surface area contributed by atoms with Gasteiger partial charge >= 0.3 is 7.12 Å². The van der Waals surface area contributed by atoms with Gasteiger partial charge in [-0.25, -0.2) is 0 Å². The van der Waals surface area contributed by atoms with Crippen LogP contribution in [0.3, 0.4) is 0 Å². The minimum absolute atomic E-state index is 0.144. The van der Waals surface area contributed by atoms with Crippen molar-refractivity contribution in [3.05, 3.63) is 0 Å². The fraction of sp³-hybridized carbons (Fsp3) is 0.957. The van der Waals surface area contributed by atoms with Crippen molar-refractivity contribution in [2.45, 2.75) is 111 Å². The van der Waals surface area contributed by atoms with E-state index in [9.17, 15) is 4.79 Å². The van der Waals surface area contributed by atoms with Crippen LogP contribution in [0.5, 0.6) is 0 Å². The largest absolute Gasteiger partial charge is 0.457 e. The molecule has 1 heterocycles. The van der Waals surface area contributed by atoms with Gasteiger partial charge in [-0.05, 0) is 92.6 Å². The maximum Gasteiger partial charge on any atom is 0.457 e. The molecule has 2 rings (SSSR count). The topological polar surface area (TPSA) is 59.6 Å². The quantitative estimate of drug-likeness (QED) is 0.613. The summed E-state index contributed by atoms with van der Waals surface area (Å²) in [5.41, 5.74) is -1.10. The molecule has 2 aliphatic rings. The van der Waals surface area contributed by atoms with Crippen molar-refractivity contribution >= 4 is 13.0 Å². The van der Waals surface area contributed by atoms with E-state index in [-0.39, 0.29) is 35.2 Å². The first-order valence-corrected chi connectivity index (χ1v) is 11.6. The molecule has 2 N–H and O–H groups in total. The summed E-state index contributed by atoms with van der Waals surface area (Å²) in [6, 6.07) is 0. The molecule has 168 valence electrons. The Balaban J connectivity index is 2.02. The Labute approximate surface area is 179 Å². The lowest BCUT2D eigenvalue weighted by molar-refractivity contribution is -0.138. The van der Waals surface area contributed by atoms with Crippen LogP contribution in [-0.2, 0) is 14.1 Å². The number of rotatable bonds is 7. The lowest BCUT2D eigenvalue weighted by Gasteiger charge is -2.45. The van der Waals surface area contributed by atoms with Crippen molar-refractivity contribution in [1.82, 2.24) is 10.6 Å². The smallest absolute Gasteiger partial charge is 0.403 e. The van der Waals surface area contributed by atoms with Crippen molar-refractivity contribution in [1.29, 1.82) is 0 Å². The summed E-state index contributed by atoms with van der Waals surface area (Å²) in [5.74, 6) is 1.11. The molecule has 0 aromatic heterocycles. The molecule has 0 unspecified atom stereocenters. The van der Waals surface area contributed by atoms with Crippen molar-refractivity contribution in [3.8, 4) is 0 Å². The van der Waals surface area contributed by atoms with E-state index in [1.807, 2.05) is 0 Å². The third-order valence-electron chi connectivity index (χ3n) is 7.30. The molecule has 5 nitrogen and oxygen atoms in total. The van der Waals surface area contributed by atoms with E-state index < -0.39 is 0 Å². The summed E-state index contributed by atoms with van der Waals surface area (Å²) in [7, 11) is -0.144. The van der Waals surface area contributed by atoms with Gasteiger partial charge in [0.25, 0.3) is 0 Å². The van der Waals surface area contributed by atoms with E-state index in [1.165, 1.54) is 6.42 Å². The lowest BCUT2D eigenvalue weighted by atomic mass is 9.61. The van der Waals surface area contributed by atoms with Crippen LogP contribution >= 0.6 is 0 Å². The van der Waals surface area contributed by atoms with Gasteiger partial charge in [-0.15, -0.1) is 0 Å². The number of carbonyl (C=O) groups excluding carboxylic acids is 1. The van der Waals surface area contributed by atoms with Crippen LogP contribution in [0.15, 0.2) is 0 Å². The summed E-state index contributed by atoms with van der Waals surface area (Å²) in [6.07, 6.45) is 5.14. The van der Waals surface area contributed by atoms with Gasteiger partial charge in [0.05, 0.1) is 16.6 Å². The van der Waals surface area contributed by atoms with E-state index in [1.54, 1.807) is 0 Å². The fourth-order valence-corrected chi connectivity index (χ4v) is 4.73. The van der Waals surface area contributed by atoms with Crippen LogP contribution in [0.4, 0.5) is 0 Å². The molecule has 29 heavy (non-hydrogen) atoms. The summed E-state index contributed by atoms with van der Waals surface area (Å²) in [4.78, 5) is 13.3. The van der Waals surface area contributed by atoms with E-state index in [4.69, 9.17) is 9.31 Å². The van der Waals surface area contributed by atoms with Gasteiger partial charge in [0.15, 0.2) is 0 Å². The van der Waals surface area contributed by atoms with Crippen LogP contribution in [0.1, 0.15) is 88.0 Å². The summed E-state index contributed by atoms with van der Waals surface area (Å²) in [5, 5.41) is 6.74. The predicted octanol–water partition coefficient (Wildman–Crippen LogP) is 4.42. The average Bonchev–Trinajstić information content (AvgIpc) is 2.77. The molecule has 0 spiro atoms. The van der Waals surface area contributed by atoms with Crippen molar-refractivity contribution in [2.75, 3.05) is 13.1 Å². The summed E-state index contributed by atoms with van der Waals surface area (Å²) < 4.78 is 12.4. The highest BCUT2D eigenvalue weighted by Crippen LogP contribution is 2.46. The van der Waals surface area contributed by atoms with Crippen LogP contribution < -0.4 is 10.6 Å². The van der Waals surface area contributed by atoms with Crippen LogP contribution in [0.2, 0.25) is 6.32 Å². The van der Waals surface area contributed by atoms with Gasteiger partial charge in [0.2, 0.25) is 5.91 Å². The summed E-state index contributed by atoms with van der Waals surface area (Å²) >= 11 is 0. The van der Waals surface area contributed by atoms with Crippen LogP contribution in [0, 0.1) is 17.3 Å². The molecule has 2 fully saturated rings. The molecular weight excluding hydrogens is 363 g/mol. The van der Waals surface area contributed by atoms with Crippen molar-refractivity contribution < 1.29 is 14.1 Å². The van der Waals surface area contributed by atoms with Crippen molar-refractivity contribution in [2.24, 2.45) is 17.3 Å². The van der Waals surface area contributed by atoms with E-state index in [0.717, 1.165) is 38.7 Å². The first kappa shape index (κ1) is 24.7. The molecule has 1 saturated carbocycles. The lowest BCUT2D eigenvalue weighted by Crippen LogP contribution is -2.54. The fourth-order valence-electron chi connectivity index (χ4n) is 4.73. The zero-order valence-electron chi connectivity index (χ0n) is 20.4. The van der Waals surface area contributed by atoms with Gasteiger partial charge < -0.3 is 19.9 Å². The standard InChI is InChI=1S/C23H45BN2O3/c1-10-25-16-18-12-11-17(15-23(18,9)19(27)26-20(2,3)4)13-14-24-28-21(5,6)22(7,8)29-24/h17-18,25H,10-16H2,1-9H3,(H,26,27)/t17-,18-,23-/m0/s1. The van der Waals surface area contributed by atoms with Gasteiger partial charge in [0.1, 0.15) is 0 Å². The Bertz CT molecular complexity index is 557. The maximum absolute atomic E-state index is 13.3. The van der Waals surface area contributed by atoms with Crippen LogP contribution in [0.25, 0.3) is 0 Å². The monoisotopic (exact) mass is 408 g/mol.